The number of benzene rings is 2. The Bertz CT molecular complexity index is 1370. The third-order valence-electron chi connectivity index (χ3n) is 5.94. The number of nitrogens with one attached hydrogen (secondary N) is 1. The summed E-state index contributed by atoms with van der Waals surface area (Å²) >= 11 is 1.75. The van der Waals surface area contributed by atoms with Crippen molar-refractivity contribution in [2.45, 2.75) is 25.7 Å². The highest BCUT2D eigenvalue weighted by Gasteiger charge is 2.29. The second-order valence-electron chi connectivity index (χ2n) is 7.70. The summed E-state index contributed by atoms with van der Waals surface area (Å²) < 4.78 is 0. The number of aromatic nitrogens is 2. The van der Waals surface area contributed by atoms with Gasteiger partial charge in [0, 0.05) is 32.8 Å². The Morgan fingerprint density at radius 2 is 1.57 bits per heavy atom. The molecule has 4 aromatic rings. The number of fused-ring (bicyclic) bond motifs is 5. The van der Waals surface area contributed by atoms with Crippen LogP contribution in [-0.4, -0.2) is 21.5 Å². The van der Waals surface area contributed by atoms with Crippen LogP contribution in [0, 0.1) is 0 Å². The van der Waals surface area contributed by atoms with Crippen molar-refractivity contribution < 1.29 is 9.59 Å². The molecule has 0 amide bonds. The molecule has 0 saturated heterocycles. The smallest absolute Gasteiger partial charge is 0.194 e. The normalized spacial score (nSPS) is 14.9. The summed E-state index contributed by atoms with van der Waals surface area (Å²) in [7, 11) is 0. The molecule has 5 nitrogen and oxygen atoms in total. The number of aryl methyl sites for hydroxylation is 2. The van der Waals surface area contributed by atoms with Gasteiger partial charge in [0.1, 0.15) is 17.0 Å². The van der Waals surface area contributed by atoms with Gasteiger partial charge < -0.3 is 5.32 Å². The lowest BCUT2D eigenvalue weighted by molar-refractivity contribution is 0.0979. The Morgan fingerprint density at radius 1 is 0.833 bits per heavy atom. The third kappa shape index (κ3) is 2.53. The number of anilines is 2. The average Bonchev–Trinajstić information content (AvgIpc) is 3.17. The van der Waals surface area contributed by atoms with Gasteiger partial charge in [0.2, 0.25) is 0 Å². The van der Waals surface area contributed by atoms with E-state index in [2.05, 4.69) is 15.3 Å². The summed E-state index contributed by atoms with van der Waals surface area (Å²) in [5.41, 5.74) is 3.90. The van der Waals surface area contributed by atoms with E-state index in [-0.39, 0.29) is 11.6 Å². The fraction of sp³-hybridized carbons (Fsp3) is 0.167. The first-order valence-electron chi connectivity index (χ1n) is 10.1. The van der Waals surface area contributed by atoms with Crippen LogP contribution in [0.15, 0.2) is 48.8 Å². The lowest BCUT2D eigenvalue weighted by Crippen LogP contribution is -2.20. The van der Waals surface area contributed by atoms with Crippen molar-refractivity contribution in [1.82, 2.24) is 9.97 Å². The molecular formula is C24H17N3O2S. The summed E-state index contributed by atoms with van der Waals surface area (Å²) in [5, 5.41) is 4.47. The quantitative estimate of drug-likeness (QED) is 0.438. The molecule has 2 aromatic heterocycles. The molecule has 2 aliphatic carbocycles. The number of carbonyl (C=O) groups is 2. The second-order valence-corrected chi connectivity index (χ2v) is 8.79. The third-order valence-corrected chi connectivity index (χ3v) is 7.14. The lowest BCUT2D eigenvalue weighted by Gasteiger charge is -2.18. The average molecular weight is 411 g/mol. The van der Waals surface area contributed by atoms with Crippen LogP contribution in [0.1, 0.15) is 55.1 Å². The summed E-state index contributed by atoms with van der Waals surface area (Å²) in [6.45, 7) is 0. The monoisotopic (exact) mass is 411 g/mol. The number of nitrogens with zero attached hydrogens (tertiary/aromatic N) is 2. The Labute approximate surface area is 176 Å². The maximum absolute atomic E-state index is 13.0. The maximum Gasteiger partial charge on any atom is 0.194 e. The Kier molecular flexibility index (Phi) is 3.83. The molecule has 6 heteroatoms. The first-order chi connectivity index (χ1) is 14.7. The first kappa shape index (κ1) is 17.5. The molecule has 6 rings (SSSR count). The number of rotatable bonds is 2. The number of hydrogen-bond acceptors (Lipinski definition) is 6. The highest BCUT2D eigenvalue weighted by atomic mass is 32.1. The molecule has 0 aliphatic heterocycles. The van der Waals surface area contributed by atoms with E-state index in [9.17, 15) is 9.59 Å². The first-order valence-corrected chi connectivity index (χ1v) is 10.9. The van der Waals surface area contributed by atoms with Crippen molar-refractivity contribution in [2.24, 2.45) is 0 Å². The minimum atomic E-state index is -0.121. The van der Waals surface area contributed by atoms with Gasteiger partial charge in [0.25, 0.3) is 0 Å². The van der Waals surface area contributed by atoms with Crippen LogP contribution in [0.2, 0.25) is 0 Å². The predicted molar refractivity (Wildman–Crippen MR) is 117 cm³/mol. The molecule has 0 spiro atoms. The fourth-order valence-electron chi connectivity index (χ4n) is 4.50. The summed E-state index contributed by atoms with van der Waals surface area (Å²) in [6.07, 6.45) is 6.13. The van der Waals surface area contributed by atoms with Gasteiger partial charge >= 0.3 is 0 Å². The van der Waals surface area contributed by atoms with Crippen molar-refractivity contribution in [3.05, 3.63) is 81.5 Å². The zero-order chi connectivity index (χ0) is 20.2. The largest absolute Gasteiger partial charge is 0.340 e. The molecule has 30 heavy (non-hydrogen) atoms. The van der Waals surface area contributed by atoms with E-state index in [0.717, 1.165) is 34.6 Å². The Balaban J connectivity index is 1.43. The van der Waals surface area contributed by atoms with Crippen molar-refractivity contribution >= 4 is 44.6 Å². The molecule has 2 aromatic carbocycles. The molecule has 0 unspecified atom stereocenters. The van der Waals surface area contributed by atoms with Gasteiger partial charge in [-0.3, -0.25) is 9.59 Å². The van der Waals surface area contributed by atoms with Gasteiger partial charge in [-0.25, -0.2) is 9.97 Å². The highest BCUT2D eigenvalue weighted by Crippen LogP contribution is 2.39. The van der Waals surface area contributed by atoms with E-state index >= 15 is 0 Å². The van der Waals surface area contributed by atoms with Crippen LogP contribution in [0.25, 0.3) is 10.2 Å². The van der Waals surface area contributed by atoms with Crippen LogP contribution in [0.3, 0.4) is 0 Å². The van der Waals surface area contributed by atoms with E-state index in [4.69, 9.17) is 0 Å². The summed E-state index contributed by atoms with van der Waals surface area (Å²) in [6, 6.07) is 12.3. The minimum Gasteiger partial charge on any atom is -0.340 e. The fourth-order valence-corrected chi connectivity index (χ4v) is 5.73. The van der Waals surface area contributed by atoms with Crippen molar-refractivity contribution in [2.75, 3.05) is 5.32 Å². The van der Waals surface area contributed by atoms with Gasteiger partial charge in [-0.15, -0.1) is 11.3 Å². The molecule has 2 heterocycles. The number of hydrogen-bond donors (Lipinski definition) is 1. The molecule has 1 N–H and O–H groups in total. The van der Waals surface area contributed by atoms with Gasteiger partial charge in [-0.2, -0.15) is 0 Å². The van der Waals surface area contributed by atoms with Gasteiger partial charge in [-0.1, -0.05) is 24.3 Å². The zero-order valence-electron chi connectivity index (χ0n) is 16.1. The molecular weight excluding hydrogens is 394 g/mol. The Morgan fingerprint density at radius 3 is 2.40 bits per heavy atom. The maximum atomic E-state index is 13.0. The molecule has 146 valence electrons. The van der Waals surface area contributed by atoms with Gasteiger partial charge in [0.15, 0.2) is 11.6 Å². The van der Waals surface area contributed by atoms with Crippen LogP contribution in [0.5, 0.6) is 0 Å². The highest BCUT2D eigenvalue weighted by molar-refractivity contribution is 7.19. The summed E-state index contributed by atoms with van der Waals surface area (Å²) in [5.74, 6) is 0.530. The van der Waals surface area contributed by atoms with Crippen LogP contribution in [-0.2, 0) is 12.8 Å². The molecule has 0 bridgehead atoms. The second kappa shape index (κ2) is 6.57. The van der Waals surface area contributed by atoms with E-state index in [1.165, 1.54) is 23.3 Å². The molecule has 2 aliphatic rings. The topological polar surface area (TPSA) is 72.0 Å². The number of ketones is 2. The van der Waals surface area contributed by atoms with Crippen LogP contribution in [0.4, 0.5) is 11.5 Å². The van der Waals surface area contributed by atoms with Crippen LogP contribution >= 0.6 is 11.3 Å². The Hall–Kier alpha value is -3.38. The minimum absolute atomic E-state index is 0.108. The van der Waals surface area contributed by atoms with E-state index in [0.29, 0.717) is 22.3 Å². The predicted octanol–water partition coefficient (Wildman–Crippen LogP) is 5.09. The summed E-state index contributed by atoms with van der Waals surface area (Å²) in [4.78, 5) is 37.2. The number of thiophene rings is 1. The number of carbonyl (C=O) groups excluding carboxylic acids is 2. The molecule has 0 saturated carbocycles. The van der Waals surface area contributed by atoms with E-state index < -0.39 is 0 Å². The zero-order valence-corrected chi connectivity index (χ0v) is 16.9. The lowest BCUT2D eigenvalue weighted by atomic mass is 9.84. The van der Waals surface area contributed by atoms with Gasteiger partial charge in [0.05, 0.1) is 5.39 Å². The van der Waals surface area contributed by atoms with Crippen molar-refractivity contribution in [1.29, 1.82) is 0 Å². The SMILES string of the molecule is O=C1c2ccccc2C(=O)c2cc(Nc3ncnc4sc5c(c34)CCCC5)ccc21. The van der Waals surface area contributed by atoms with E-state index in [1.54, 1.807) is 54.1 Å². The molecule has 0 fully saturated rings. The van der Waals surface area contributed by atoms with Crippen molar-refractivity contribution in [3.63, 3.8) is 0 Å². The van der Waals surface area contributed by atoms with Crippen LogP contribution < -0.4 is 5.32 Å². The van der Waals surface area contributed by atoms with E-state index in [1.807, 2.05) is 6.07 Å². The molecule has 0 radical (unpaired) electrons. The van der Waals surface area contributed by atoms with Crippen molar-refractivity contribution in [3.8, 4) is 0 Å². The molecule has 0 atom stereocenters. The van der Waals surface area contributed by atoms with Gasteiger partial charge in [-0.05, 0) is 49.4 Å². The standard InChI is InChI=1S/C24H17N3O2S/c28-21-14-5-1-2-6-15(14)22(29)18-11-13(9-10-16(18)21)27-23-20-17-7-3-4-8-19(17)30-24(20)26-12-25-23/h1-2,5-6,9-12H,3-4,7-8H2,(H,25,26,27).